The molecule has 0 unspecified atom stereocenters. The lowest BCUT2D eigenvalue weighted by Gasteiger charge is -2.08. The molecule has 0 heterocycles. The number of Topliss-reactive ketones (excluding diaryl/α,β-unsaturated/α-hetero) is 1. The molecular formula is C16H14ClNO5S. The van der Waals surface area contributed by atoms with E-state index in [4.69, 9.17) is 16.3 Å². The molecular weight excluding hydrogens is 354 g/mol. The SMILES string of the molecule is CNS(=O)(=O)c1ccc(Cl)c(C(=O)OCC(=O)c2ccccc2)c1. The van der Waals surface area contributed by atoms with Crippen molar-refractivity contribution in [1.29, 1.82) is 0 Å². The van der Waals surface area contributed by atoms with Gasteiger partial charge in [-0.25, -0.2) is 17.9 Å². The molecule has 0 saturated heterocycles. The molecule has 8 heteroatoms. The van der Waals surface area contributed by atoms with Gasteiger partial charge in [-0.1, -0.05) is 41.9 Å². The highest BCUT2D eigenvalue weighted by Gasteiger charge is 2.19. The fraction of sp³-hybridized carbons (Fsp3) is 0.125. The molecule has 0 atom stereocenters. The first-order valence-electron chi connectivity index (χ1n) is 6.83. The molecule has 2 aromatic rings. The van der Waals surface area contributed by atoms with E-state index in [0.29, 0.717) is 5.56 Å². The van der Waals surface area contributed by atoms with Gasteiger partial charge in [0.25, 0.3) is 0 Å². The zero-order valence-electron chi connectivity index (χ0n) is 12.7. The Labute approximate surface area is 144 Å². The van der Waals surface area contributed by atoms with Gasteiger partial charge in [0.1, 0.15) is 0 Å². The second-order valence-electron chi connectivity index (χ2n) is 4.71. The summed E-state index contributed by atoms with van der Waals surface area (Å²) in [5.74, 6) is -1.25. The van der Waals surface area contributed by atoms with Crippen LogP contribution in [0.1, 0.15) is 20.7 Å². The van der Waals surface area contributed by atoms with Gasteiger partial charge in [-0.15, -0.1) is 0 Å². The monoisotopic (exact) mass is 367 g/mol. The minimum Gasteiger partial charge on any atom is -0.454 e. The average molecular weight is 368 g/mol. The van der Waals surface area contributed by atoms with Gasteiger partial charge in [0.15, 0.2) is 12.4 Å². The minimum absolute atomic E-state index is 0.0298. The first kappa shape index (κ1) is 18.1. The van der Waals surface area contributed by atoms with Crippen molar-refractivity contribution in [2.45, 2.75) is 4.90 Å². The third-order valence-corrected chi connectivity index (χ3v) is 4.91. The highest BCUT2D eigenvalue weighted by atomic mass is 35.5. The average Bonchev–Trinajstić information content (AvgIpc) is 2.60. The van der Waals surface area contributed by atoms with Crippen LogP contribution in [0.2, 0.25) is 5.02 Å². The van der Waals surface area contributed by atoms with E-state index < -0.39 is 22.6 Å². The minimum atomic E-state index is -3.73. The van der Waals surface area contributed by atoms with Gasteiger partial charge >= 0.3 is 5.97 Å². The van der Waals surface area contributed by atoms with Crippen molar-refractivity contribution in [2.75, 3.05) is 13.7 Å². The standard InChI is InChI=1S/C16H14ClNO5S/c1-18-24(21,22)12-7-8-14(17)13(9-12)16(20)23-10-15(19)11-5-3-2-4-6-11/h2-9,18H,10H2,1H3. The van der Waals surface area contributed by atoms with Gasteiger partial charge in [0, 0.05) is 5.56 Å². The van der Waals surface area contributed by atoms with Crippen LogP contribution in [0.4, 0.5) is 0 Å². The third-order valence-electron chi connectivity index (χ3n) is 3.17. The van der Waals surface area contributed by atoms with Crippen LogP contribution in [-0.2, 0) is 14.8 Å². The van der Waals surface area contributed by atoms with E-state index in [-0.39, 0.29) is 21.3 Å². The Hall–Kier alpha value is -2.22. The molecule has 126 valence electrons. The second-order valence-corrected chi connectivity index (χ2v) is 7.01. The number of rotatable bonds is 6. The van der Waals surface area contributed by atoms with E-state index in [2.05, 4.69) is 4.72 Å². The quantitative estimate of drug-likeness (QED) is 0.625. The van der Waals surface area contributed by atoms with Crippen LogP contribution in [0.5, 0.6) is 0 Å². The second kappa shape index (κ2) is 7.57. The lowest BCUT2D eigenvalue weighted by molar-refractivity contribution is 0.0474. The van der Waals surface area contributed by atoms with Crippen molar-refractivity contribution >= 4 is 33.4 Å². The van der Waals surface area contributed by atoms with Crippen LogP contribution >= 0.6 is 11.6 Å². The van der Waals surface area contributed by atoms with Crippen molar-refractivity contribution in [2.24, 2.45) is 0 Å². The zero-order chi connectivity index (χ0) is 17.7. The maximum Gasteiger partial charge on any atom is 0.340 e. The first-order chi connectivity index (χ1) is 11.3. The summed E-state index contributed by atoms with van der Waals surface area (Å²) in [6.07, 6.45) is 0. The van der Waals surface area contributed by atoms with Crippen LogP contribution in [0.25, 0.3) is 0 Å². The van der Waals surface area contributed by atoms with Crippen molar-refractivity contribution < 1.29 is 22.7 Å². The van der Waals surface area contributed by atoms with Gasteiger partial charge < -0.3 is 4.74 Å². The molecule has 0 aliphatic rings. The predicted molar refractivity (Wildman–Crippen MR) is 88.8 cm³/mol. The molecule has 0 spiro atoms. The van der Waals surface area contributed by atoms with Crippen molar-refractivity contribution in [1.82, 2.24) is 4.72 Å². The Kier molecular flexibility index (Phi) is 5.71. The largest absolute Gasteiger partial charge is 0.454 e. The number of carbonyl (C=O) groups is 2. The molecule has 2 aromatic carbocycles. The lowest BCUT2D eigenvalue weighted by Crippen LogP contribution is -2.19. The summed E-state index contributed by atoms with van der Waals surface area (Å²) < 4.78 is 30.6. The van der Waals surface area contributed by atoms with E-state index in [1.165, 1.54) is 19.2 Å². The normalized spacial score (nSPS) is 11.1. The van der Waals surface area contributed by atoms with Crippen molar-refractivity contribution in [3.63, 3.8) is 0 Å². The van der Waals surface area contributed by atoms with E-state index in [1.54, 1.807) is 30.3 Å². The summed E-state index contributed by atoms with van der Waals surface area (Å²) in [5, 5.41) is 0.0298. The highest BCUT2D eigenvalue weighted by molar-refractivity contribution is 7.89. The highest BCUT2D eigenvalue weighted by Crippen LogP contribution is 2.21. The molecule has 0 fully saturated rings. The topological polar surface area (TPSA) is 89.5 Å². The third kappa shape index (κ3) is 4.19. The molecule has 24 heavy (non-hydrogen) atoms. The van der Waals surface area contributed by atoms with Gasteiger partial charge in [0.2, 0.25) is 10.0 Å². The molecule has 1 N–H and O–H groups in total. The molecule has 0 aromatic heterocycles. The number of halogens is 1. The summed E-state index contributed by atoms with van der Waals surface area (Å²) in [6.45, 7) is -0.470. The van der Waals surface area contributed by atoms with E-state index in [0.717, 1.165) is 6.07 Å². The molecule has 0 amide bonds. The molecule has 0 radical (unpaired) electrons. The number of nitrogens with one attached hydrogen (secondary N) is 1. The van der Waals surface area contributed by atoms with Gasteiger partial charge in [-0.05, 0) is 25.2 Å². The fourth-order valence-electron chi connectivity index (χ4n) is 1.86. The van der Waals surface area contributed by atoms with Crippen molar-refractivity contribution in [3.05, 3.63) is 64.7 Å². The van der Waals surface area contributed by atoms with E-state index in [1.807, 2.05) is 0 Å². The fourth-order valence-corrected chi connectivity index (χ4v) is 2.81. The Bertz CT molecular complexity index is 865. The maximum atomic E-state index is 12.1. The number of ether oxygens (including phenoxy) is 1. The van der Waals surface area contributed by atoms with Gasteiger partial charge in [-0.3, -0.25) is 4.79 Å². The predicted octanol–water partition coefficient (Wildman–Crippen LogP) is 2.29. The smallest absolute Gasteiger partial charge is 0.340 e. The first-order valence-corrected chi connectivity index (χ1v) is 8.70. The summed E-state index contributed by atoms with van der Waals surface area (Å²) >= 11 is 5.92. The van der Waals surface area contributed by atoms with Crippen LogP contribution in [-0.4, -0.2) is 33.8 Å². The Morgan fingerprint density at radius 2 is 1.79 bits per heavy atom. The summed E-state index contributed by atoms with van der Waals surface area (Å²) in [5.41, 5.74) is 0.275. The van der Waals surface area contributed by atoms with Crippen molar-refractivity contribution in [3.8, 4) is 0 Å². The number of benzene rings is 2. The summed E-state index contributed by atoms with van der Waals surface area (Å²) in [7, 11) is -2.48. The zero-order valence-corrected chi connectivity index (χ0v) is 14.2. The molecule has 0 saturated carbocycles. The summed E-state index contributed by atoms with van der Waals surface area (Å²) in [4.78, 5) is 23.9. The Morgan fingerprint density at radius 1 is 1.12 bits per heavy atom. The van der Waals surface area contributed by atoms with E-state index in [9.17, 15) is 18.0 Å². The lowest BCUT2D eigenvalue weighted by atomic mass is 10.1. The van der Waals surface area contributed by atoms with Crippen LogP contribution in [0.15, 0.2) is 53.4 Å². The number of ketones is 1. The van der Waals surface area contributed by atoms with Gasteiger partial charge in [0.05, 0.1) is 15.5 Å². The van der Waals surface area contributed by atoms with Crippen LogP contribution < -0.4 is 4.72 Å². The number of carbonyl (C=O) groups excluding carboxylic acids is 2. The number of esters is 1. The molecule has 0 bridgehead atoms. The van der Waals surface area contributed by atoms with Crippen LogP contribution in [0.3, 0.4) is 0 Å². The summed E-state index contributed by atoms with van der Waals surface area (Å²) in [6, 6.07) is 12.0. The van der Waals surface area contributed by atoms with Gasteiger partial charge in [-0.2, -0.15) is 0 Å². The number of sulfonamides is 1. The number of hydrogen-bond acceptors (Lipinski definition) is 5. The number of hydrogen-bond donors (Lipinski definition) is 1. The molecule has 0 aliphatic carbocycles. The molecule has 2 rings (SSSR count). The molecule has 0 aliphatic heterocycles. The van der Waals surface area contributed by atoms with E-state index >= 15 is 0 Å². The maximum absolute atomic E-state index is 12.1. The van der Waals surface area contributed by atoms with Crippen LogP contribution in [0, 0.1) is 0 Å². The molecule has 6 nitrogen and oxygen atoms in total. The Morgan fingerprint density at radius 3 is 2.42 bits per heavy atom. The Balaban J connectivity index is 2.15.